The zero-order valence-corrected chi connectivity index (χ0v) is 49.9. The summed E-state index contributed by atoms with van der Waals surface area (Å²) in [6.45, 7) is 40.9. The van der Waals surface area contributed by atoms with E-state index < -0.39 is 67.5 Å². The van der Waals surface area contributed by atoms with Crippen molar-refractivity contribution in [3.05, 3.63) is 36.6 Å². The molecule has 0 unspecified atom stereocenters. The molecule has 0 aliphatic carbocycles. The second kappa shape index (κ2) is 22.4. The number of hydrogen-bond acceptors (Lipinski definition) is 14. The minimum atomic E-state index is -2.84. The Kier molecular flexibility index (Phi) is 20.5. The van der Waals surface area contributed by atoms with Crippen molar-refractivity contribution in [3.63, 3.8) is 0 Å². The lowest BCUT2D eigenvalue weighted by Gasteiger charge is -2.43. The van der Waals surface area contributed by atoms with Gasteiger partial charge in [0.25, 0.3) is 11.1 Å². The zero-order valence-electron chi connectivity index (χ0n) is 40.3. The number of H-pyrrole nitrogens is 2. The lowest BCUT2D eigenvalue weighted by Crippen LogP contribution is -2.60. The molecule has 61 heavy (non-hydrogen) atoms. The maximum Gasteiger partial charge on any atom is 0.469 e. The molecule has 0 saturated heterocycles. The average Bonchev–Trinajstić information content (AvgIpc) is 3.68. The fourth-order valence-electron chi connectivity index (χ4n) is 6.12. The minimum Gasteiger partial charge on any atom is -0.417 e. The Hall–Kier alpha value is -1.16. The van der Waals surface area contributed by atoms with Crippen LogP contribution in [0, 0.1) is 0 Å². The SMILES string of the molecule is C[Si](C)(C)O[Si](CCCN)(O[Si](C)(C)C)O[Si](C)(C)C.C[Si](C)(C)O[Si](CCCNc1nc2c(c(=O)[nH]1)CC=N2)(O[Si](C)(C)C)O[Si](C)(C)C.O=c1[nH]c(Br)nc2c1CC=N2. The highest BCUT2D eigenvalue weighted by Gasteiger charge is 2.50. The molecule has 16 nitrogen and oxygen atoms in total. The van der Waals surface area contributed by atoms with Crippen LogP contribution in [-0.2, 0) is 37.5 Å². The van der Waals surface area contributed by atoms with E-state index in [0.717, 1.165) is 24.9 Å². The maximum atomic E-state index is 12.1. The molecule has 5 N–H and O–H groups in total. The van der Waals surface area contributed by atoms with Gasteiger partial charge >= 0.3 is 17.6 Å². The maximum absolute atomic E-state index is 12.1. The fraction of sp³-hybridized carbons (Fsp3) is 0.722. The Bertz CT molecular complexity index is 1830. The molecular formula is C36H77BrN8O8Si8. The number of anilines is 1. The quantitative estimate of drug-likeness (QED) is 0.0557. The van der Waals surface area contributed by atoms with Crippen LogP contribution in [0.25, 0.3) is 0 Å². The first-order valence-electron chi connectivity index (χ1n) is 21.1. The van der Waals surface area contributed by atoms with Gasteiger partial charge in [0.2, 0.25) is 5.95 Å². The summed E-state index contributed by atoms with van der Waals surface area (Å²) < 4.78 is 40.1. The topological polar surface area (TPSA) is 210 Å². The van der Waals surface area contributed by atoms with E-state index in [9.17, 15) is 9.59 Å². The van der Waals surface area contributed by atoms with Crippen molar-refractivity contribution in [2.45, 2.75) is 156 Å². The van der Waals surface area contributed by atoms with Gasteiger partial charge in [0, 0.05) is 43.9 Å². The summed E-state index contributed by atoms with van der Waals surface area (Å²) in [5.74, 6) is 1.49. The lowest BCUT2D eigenvalue weighted by atomic mass is 10.3. The highest BCUT2D eigenvalue weighted by molar-refractivity contribution is 9.10. The summed E-state index contributed by atoms with van der Waals surface area (Å²) in [5.41, 5.74) is 6.75. The number of nitrogens with zero attached hydrogens (tertiary/aromatic N) is 4. The second-order valence-electron chi connectivity index (χ2n) is 21.0. The summed E-state index contributed by atoms with van der Waals surface area (Å²) in [7, 11) is -16.3. The van der Waals surface area contributed by atoms with Crippen LogP contribution in [0.15, 0.2) is 24.3 Å². The van der Waals surface area contributed by atoms with Crippen molar-refractivity contribution < 1.29 is 24.7 Å². The second-order valence-corrected chi connectivity index (χ2v) is 55.7. The molecule has 0 fully saturated rings. The van der Waals surface area contributed by atoms with Crippen molar-refractivity contribution in [3.8, 4) is 0 Å². The first kappa shape index (κ1) is 56.0. The van der Waals surface area contributed by atoms with Gasteiger partial charge in [-0.05, 0) is 153 Å². The van der Waals surface area contributed by atoms with Gasteiger partial charge in [0.05, 0.1) is 11.1 Å². The Balaban J connectivity index is 0.000000352. The Labute approximate surface area is 382 Å². The Morgan fingerprint density at radius 2 is 0.918 bits per heavy atom. The predicted octanol–water partition coefficient (Wildman–Crippen LogP) is 8.94. The number of rotatable bonds is 20. The van der Waals surface area contributed by atoms with E-state index in [1.54, 1.807) is 12.4 Å². The van der Waals surface area contributed by atoms with Crippen LogP contribution in [0.3, 0.4) is 0 Å². The largest absolute Gasteiger partial charge is 0.469 e. The van der Waals surface area contributed by atoms with Crippen LogP contribution in [0.1, 0.15) is 24.0 Å². The third-order valence-corrected chi connectivity index (χ3v) is 31.9. The highest BCUT2D eigenvalue weighted by atomic mass is 79.9. The third-order valence-electron chi connectivity index (χ3n) is 7.39. The summed E-state index contributed by atoms with van der Waals surface area (Å²) in [4.78, 5) is 45.1. The van der Waals surface area contributed by atoms with E-state index >= 15 is 0 Å². The van der Waals surface area contributed by atoms with Crippen LogP contribution in [0.4, 0.5) is 17.6 Å². The molecule has 0 bridgehead atoms. The summed E-state index contributed by atoms with van der Waals surface area (Å²) >= 11 is 3.08. The molecule has 0 aromatic carbocycles. The molecule has 0 radical (unpaired) electrons. The summed E-state index contributed by atoms with van der Waals surface area (Å²) in [6.07, 6.45) is 6.24. The molecule has 348 valence electrons. The zero-order chi connectivity index (χ0) is 46.9. The first-order valence-corrected chi connectivity index (χ1v) is 46.3. The fourth-order valence-corrected chi connectivity index (χ4v) is 35.8. The van der Waals surface area contributed by atoms with E-state index in [2.05, 4.69) is 169 Å². The van der Waals surface area contributed by atoms with Gasteiger partial charge in [-0.2, -0.15) is 4.98 Å². The number of aliphatic imine (C=N–C) groups is 2. The van der Waals surface area contributed by atoms with Crippen LogP contribution in [0.5, 0.6) is 0 Å². The van der Waals surface area contributed by atoms with Gasteiger partial charge in [0.15, 0.2) is 66.3 Å². The van der Waals surface area contributed by atoms with Crippen molar-refractivity contribution >= 4 is 113 Å². The highest BCUT2D eigenvalue weighted by Crippen LogP contribution is 2.31. The van der Waals surface area contributed by atoms with Crippen LogP contribution in [-0.4, -0.2) is 113 Å². The average molecular weight is 1050 g/mol. The minimum absolute atomic E-state index is 0.112. The summed E-state index contributed by atoms with van der Waals surface area (Å²) in [6, 6.07) is 1.59. The molecule has 0 atom stereocenters. The van der Waals surface area contributed by atoms with Gasteiger partial charge < -0.3 is 40.7 Å². The van der Waals surface area contributed by atoms with E-state index in [0.29, 0.717) is 59.4 Å². The number of fused-ring (bicyclic) bond motifs is 2. The normalized spacial score (nSPS) is 14.6. The van der Waals surface area contributed by atoms with Crippen molar-refractivity contribution in [2.24, 2.45) is 15.7 Å². The van der Waals surface area contributed by atoms with Crippen LogP contribution < -0.4 is 22.2 Å². The van der Waals surface area contributed by atoms with Gasteiger partial charge in [-0.25, -0.2) is 15.0 Å². The van der Waals surface area contributed by atoms with Crippen LogP contribution in [0.2, 0.25) is 130 Å². The molecule has 0 saturated carbocycles. The number of halogens is 1. The predicted molar refractivity (Wildman–Crippen MR) is 276 cm³/mol. The number of nitrogens with two attached hydrogens (primary N) is 1. The third kappa shape index (κ3) is 22.5. The van der Waals surface area contributed by atoms with Crippen molar-refractivity contribution in [1.82, 2.24) is 19.9 Å². The van der Waals surface area contributed by atoms with E-state index in [4.69, 9.17) is 30.4 Å². The smallest absolute Gasteiger partial charge is 0.417 e. The Morgan fingerprint density at radius 1 is 0.574 bits per heavy atom. The van der Waals surface area contributed by atoms with E-state index in [-0.39, 0.29) is 11.1 Å². The van der Waals surface area contributed by atoms with Crippen LogP contribution >= 0.6 is 15.9 Å². The van der Waals surface area contributed by atoms with Crippen molar-refractivity contribution in [1.29, 1.82) is 0 Å². The van der Waals surface area contributed by atoms with Gasteiger partial charge in [-0.3, -0.25) is 14.6 Å². The van der Waals surface area contributed by atoms with Gasteiger partial charge in [0.1, 0.15) is 0 Å². The lowest BCUT2D eigenvalue weighted by molar-refractivity contribution is 0.249. The number of hydrogen-bond donors (Lipinski definition) is 4. The molecule has 0 spiro atoms. The molecule has 4 heterocycles. The molecule has 4 rings (SSSR count). The number of aromatic amines is 2. The molecular weight excluding hydrogens is 977 g/mol. The van der Waals surface area contributed by atoms with Gasteiger partial charge in [-0.15, -0.1) is 0 Å². The van der Waals surface area contributed by atoms with E-state index in [1.807, 2.05) is 0 Å². The molecule has 0 amide bonds. The molecule has 2 aliphatic heterocycles. The van der Waals surface area contributed by atoms with Gasteiger partial charge in [-0.1, -0.05) is 0 Å². The molecule has 25 heteroatoms. The Morgan fingerprint density at radius 3 is 1.28 bits per heavy atom. The number of aromatic nitrogens is 4. The number of nitrogens with one attached hydrogen (secondary N) is 3. The monoisotopic (exact) mass is 1050 g/mol. The summed E-state index contributed by atoms with van der Waals surface area (Å²) in [5, 5.41) is 3.23. The molecule has 2 aromatic heterocycles. The first-order chi connectivity index (χ1) is 27.5. The van der Waals surface area contributed by atoms with E-state index in [1.165, 1.54) is 0 Å². The standard InChI is InChI=1S/C18H38N4O4Si4.C12H35NO3Si4.C6H4BrN3O/c1-27(2,3)24-30(25-28(4,5)6,26-29(7,8)9)14-10-12-20-18-21-16-15(11-13-19-16)17(23)22-18;1-17(2,3)14-20(12-10-11-13,15-18(4,5)6)16-19(7,8)9;7-6-9-4-3(1-2-8-4)5(11)10-6/h13H,10-12,14H2,1-9H3,(H2,20,21,22,23);10-13H2,1-9H3;2H,1H2,(H,9,10,11). The molecule has 2 aliphatic rings. The van der Waals surface area contributed by atoms with Crippen molar-refractivity contribution in [2.75, 3.05) is 18.4 Å². The molecule has 2 aromatic rings.